The normalized spacial score (nSPS) is 17.6. The molecule has 0 N–H and O–H groups in total. The minimum Gasteiger partial charge on any atom is -0.468 e. The lowest BCUT2D eigenvalue weighted by Gasteiger charge is -2.28. The summed E-state index contributed by atoms with van der Waals surface area (Å²) >= 11 is 6.16. The molecule has 9 heteroatoms. The van der Waals surface area contributed by atoms with Crippen molar-refractivity contribution in [1.29, 1.82) is 0 Å². The van der Waals surface area contributed by atoms with E-state index in [9.17, 15) is 9.36 Å². The van der Waals surface area contributed by atoms with E-state index >= 15 is 0 Å². The number of alkyl halides is 2. The van der Waals surface area contributed by atoms with Gasteiger partial charge < -0.3 is 4.74 Å². The number of rotatable bonds is 6. The summed E-state index contributed by atoms with van der Waals surface area (Å²) < 4.78 is 29.2. The van der Waals surface area contributed by atoms with Gasteiger partial charge in [0, 0.05) is 14.2 Å². The van der Waals surface area contributed by atoms with E-state index in [4.69, 9.17) is 4.52 Å². The molecule has 0 bridgehead atoms. The Kier molecular flexibility index (Phi) is 6.68. The molecule has 0 aromatic heterocycles. The molecule has 96 valence electrons. The first-order valence-corrected chi connectivity index (χ1v) is 7.22. The van der Waals surface area contributed by atoms with Crippen molar-refractivity contribution in [1.82, 2.24) is 0 Å². The number of halogens is 2. The largest absolute Gasteiger partial charge is 0.475 e. The number of carbonyl (C=O) groups is 1. The second-order valence-electron chi connectivity index (χ2n) is 2.78. The van der Waals surface area contributed by atoms with E-state index in [2.05, 4.69) is 45.6 Å². The molecule has 0 rings (SSSR count). The lowest BCUT2D eigenvalue weighted by molar-refractivity contribution is -0.141. The Bertz CT molecular complexity index is 287. The summed E-state index contributed by atoms with van der Waals surface area (Å²) in [6.07, 6.45) is 0. The summed E-state index contributed by atoms with van der Waals surface area (Å²) in [6.45, 7) is 1.48. The van der Waals surface area contributed by atoms with Crippen molar-refractivity contribution < 1.29 is 27.7 Å². The van der Waals surface area contributed by atoms with Crippen LogP contribution in [-0.2, 0) is 27.7 Å². The average Bonchev–Trinajstić information content (AvgIpc) is 2.26. The van der Waals surface area contributed by atoms with E-state index in [1.54, 1.807) is 0 Å². The average molecular weight is 384 g/mol. The zero-order valence-corrected chi connectivity index (χ0v) is 13.3. The maximum atomic E-state index is 11.7. The molecule has 0 aliphatic rings. The van der Waals surface area contributed by atoms with Gasteiger partial charge in [0.2, 0.25) is 0 Å². The fourth-order valence-electron chi connectivity index (χ4n) is 0.728. The highest BCUT2D eigenvalue weighted by Gasteiger charge is 2.43. The van der Waals surface area contributed by atoms with E-state index in [0.717, 1.165) is 0 Å². The standard InChI is InChI=1S/C7H13Br2O6P/c1-7(9,5(8)6(10)12-2)15-16(11,13-3)14-4/h5H,1-4H3. The van der Waals surface area contributed by atoms with E-state index < -0.39 is 23.1 Å². The SMILES string of the molecule is COC(=O)C(Br)C(C)(Br)OP(=O)(OC)OC. The number of esters is 1. The van der Waals surface area contributed by atoms with Crippen LogP contribution in [0.15, 0.2) is 0 Å². The molecule has 0 aromatic rings. The molecule has 0 fully saturated rings. The first-order chi connectivity index (χ1) is 7.22. The number of hydrogen-bond acceptors (Lipinski definition) is 6. The molecule has 0 saturated carbocycles. The number of methoxy groups -OCH3 is 1. The summed E-state index contributed by atoms with van der Waals surface area (Å²) in [5.74, 6) is -0.585. The second-order valence-corrected chi connectivity index (χ2v) is 7.07. The van der Waals surface area contributed by atoms with Crippen LogP contribution >= 0.6 is 39.7 Å². The quantitative estimate of drug-likeness (QED) is 0.398. The molecule has 0 heterocycles. The van der Waals surface area contributed by atoms with Gasteiger partial charge in [-0.25, -0.2) is 4.57 Å². The summed E-state index contributed by atoms with van der Waals surface area (Å²) in [6, 6.07) is 0. The Morgan fingerprint density at radius 1 is 1.31 bits per heavy atom. The monoisotopic (exact) mass is 382 g/mol. The highest BCUT2D eigenvalue weighted by atomic mass is 79.9. The summed E-state index contributed by atoms with van der Waals surface area (Å²) in [4.78, 5) is 10.4. The lowest BCUT2D eigenvalue weighted by Crippen LogP contribution is -2.37. The minimum absolute atomic E-state index is 0.585. The van der Waals surface area contributed by atoms with Gasteiger partial charge >= 0.3 is 13.8 Å². The zero-order valence-electron chi connectivity index (χ0n) is 9.23. The van der Waals surface area contributed by atoms with Gasteiger partial charge in [0.15, 0.2) is 9.34 Å². The van der Waals surface area contributed by atoms with Crippen molar-refractivity contribution in [3.05, 3.63) is 0 Å². The maximum absolute atomic E-state index is 11.7. The number of phosphoric acid groups is 1. The highest BCUT2D eigenvalue weighted by molar-refractivity contribution is 9.12. The van der Waals surface area contributed by atoms with Gasteiger partial charge in [-0.15, -0.1) is 0 Å². The van der Waals surface area contributed by atoms with Crippen LogP contribution in [0.4, 0.5) is 0 Å². The first-order valence-electron chi connectivity index (χ1n) is 4.05. The molecule has 2 unspecified atom stereocenters. The molecule has 0 aliphatic heterocycles. The minimum atomic E-state index is -3.69. The fraction of sp³-hybridized carbons (Fsp3) is 0.857. The third kappa shape index (κ3) is 4.43. The Morgan fingerprint density at radius 2 is 1.75 bits per heavy atom. The van der Waals surface area contributed by atoms with Gasteiger partial charge in [-0.05, 0) is 6.92 Å². The Hall–Kier alpha value is 0.540. The molecule has 0 spiro atoms. The molecule has 0 amide bonds. The molecule has 16 heavy (non-hydrogen) atoms. The van der Waals surface area contributed by atoms with Gasteiger partial charge in [-0.1, -0.05) is 31.9 Å². The van der Waals surface area contributed by atoms with E-state index in [1.807, 2.05) is 0 Å². The van der Waals surface area contributed by atoms with Crippen LogP contribution in [0.3, 0.4) is 0 Å². The van der Waals surface area contributed by atoms with Crippen LogP contribution in [0.2, 0.25) is 0 Å². The molecule has 0 radical (unpaired) electrons. The van der Waals surface area contributed by atoms with Crippen LogP contribution in [0.25, 0.3) is 0 Å². The third-order valence-electron chi connectivity index (χ3n) is 1.60. The summed E-state index contributed by atoms with van der Waals surface area (Å²) in [5, 5.41) is 0. The highest BCUT2D eigenvalue weighted by Crippen LogP contribution is 2.54. The smallest absolute Gasteiger partial charge is 0.468 e. The van der Waals surface area contributed by atoms with Crippen LogP contribution in [-0.4, -0.2) is 36.6 Å². The molecular weight excluding hydrogens is 371 g/mol. The van der Waals surface area contributed by atoms with Crippen molar-refractivity contribution in [3.8, 4) is 0 Å². The van der Waals surface area contributed by atoms with E-state index in [0.29, 0.717) is 0 Å². The van der Waals surface area contributed by atoms with Crippen molar-refractivity contribution in [2.24, 2.45) is 0 Å². The second kappa shape index (κ2) is 6.47. The predicted octanol–water partition coefficient (Wildman–Crippen LogP) is 2.45. The van der Waals surface area contributed by atoms with Crippen LogP contribution in [0.1, 0.15) is 6.92 Å². The number of hydrogen-bond donors (Lipinski definition) is 0. The van der Waals surface area contributed by atoms with Crippen LogP contribution in [0, 0.1) is 0 Å². The fourth-order valence-corrected chi connectivity index (χ4v) is 2.71. The van der Waals surface area contributed by atoms with Gasteiger partial charge in [0.05, 0.1) is 7.11 Å². The van der Waals surface area contributed by atoms with Crippen molar-refractivity contribution in [2.75, 3.05) is 21.3 Å². The molecule has 0 aromatic carbocycles. The van der Waals surface area contributed by atoms with Crippen molar-refractivity contribution >= 4 is 45.7 Å². The Balaban J connectivity index is 4.80. The van der Waals surface area contributed by atoms with Gasteiger partial charge in [0.1, 0.15) is 0 Å². The van der Waals surface area contributed by atoms with Crippen molar-refractivity contribution in [2.45, 2.75) is 16.3 Å². The number of phosphoric ester groups is 1. The Morgan fingerprint density at radius 3 is 2.06 bits per heavy atom. The summed E-state index contributed by atoms with van der Waals surface area (Å²) in [7, 11) is -0.113. The number of ether oxygens (including phenoxy) is 1. The number of carbonyl (C=O) groups excluding carboxylic acids is 1. The predicted molar refractivity (Wildman–Crippen MR) is 64.8 cm³/mol. The van der Waals surface area contributed by atoms with Gasteiger partial charge in [-0.2, -0.15) is 0 Å². The zero-order chi connectivity index (χ0) is 13.0. The molecule has 0 aliphatic carbocycles. The van der Waals surface area contributed by atoms with Crippen LogP contribution in [0.5, 0.6) is 0 Å². The van der Waals surface area contributed by atoms with Gasteiger partial charge in [-0.3, -0.25) is 18.4 Å². The molecule has 0 saturated heterocycles. The summed E-state index contributed by atoms with van der Waals surface area (Å²) in [5.41, 5.74) is 0. The topological polar surface area (TPSA) is 71.1 Å². The van der Waals surface area contributed by atoms with Crippen molar-refractivity contribution in [3.63, 3.8) is 0 Å². The van der Waals surface area contributed by atoms with E-state index in [1.165, 1.54) is 28.3 Å². The molecule has 2 atom stereocenters. The third-order valence-corrected chi connectivity index (χ3v) is 5.83. The van der Waals surface area contributed by atoms with E-state index in [-0.39, 0.29) is 0 Å². The van der Waals surface area contributed by atoms with Crippen LogP contribution < -0.4 is 0 Å². The lowest BCUT2D eigenvalue weighted by atomic mass is 10.3. The first kappa shape index (κ1) is 16.5. The Labute approximate surface area is 111 Å². The maximum Gasteiger partial charge on any atom is 0.475 e. The molecule has 6 nitrogen and oxygen atoms in total. The van der Waals surface area contributed by atoms with Gasteiger partial charge in [0.25, 0.3) is 0 Å². The molecular formula is C7H13Br2O6P.